The molecule has 1 aromatic rings. The molecule has 0 saturated carbocycles. The normalized spacial score (nSPS) is 14.1. The van der Waals surface area contributed by atoms with Gasteiger partial charge >= 0.3 is 10.3 Å². The van der Waals surface area contributed by atoms with Gasteiger partial charge < -0.3 is 9.47 Å². The number of nitrogens with one attached hydrogen (secondary N) is 1. The van der Waals surface area contributed by atoms with Gasteiger partial charge in [-0.2, -0.15) is 8.42 Å². The first kappa shape index (κ1) is 9.10. The fourth-order valence-corrected chi connectivity index (χ4v) is 1.53. The predicted octanol–water partition coefficient (Wildman–Crippen LogP) is 0.630. The van der Waals surface area contributed by atoms with E-state index in [1.807, 2.05) is 4.72 Å². The second kappa shape index (κ2) is 3.03. The molecule has 1 heterocycles. The summed E-state index contributed by atoms with van der Waals surface area (Å²) < 4.78 is 41.4. The highest BCUT2D eigenvalue weighted by atomic mass is 32.2. The number of fused-ring (bicyclic) bond motifs is 1. The first-order chi connectivity index (χ1) is 6.54. The summed E-state index contributed by atoms with van der Waals surface area (Å²) in [7, 11) is -4.24. The van der Waals surface area contributed by atoms with Gasteiger partial charge in [-0.15, -0.1) is 0 Å². The molecule has 7 heteroatoms. The van der Waals surface area contributed by atoms with E-state index < -0.39 is 10.3 Å². The largest absolute Gasteiger partial charge is 0.454 e. The van der Waals surface area contributed by atoms with Crippen molar-refractivity contribution in [3.05, 3.63) is 18.2 Å². The lowest BCUT2D eigenvalue weighted by Gasteiger charge is -2.02. The summed E-state index contributed by atoms with van der Waals surface area (Å²) in [6.07, 6.45) is 0. The van der Waals surface area contributed by atoms with Crippen LogP contribution in [0.2, 0.25) is 0 Å². The Bertz CT molecular complexity index is 455. The summed E-state index contributed by atoms with van der Waals surface area (Å²) in [4.78, 5) is 0. The number of hydrogen-bond donors (Lipinski definition) is 2. The van der Waals surface area contributed by atoms with Crippen LogP contribution in [0.1, 0.15) is 0 Å². The maximum absolute atomic E-state index is 10.5. The van der Waals surface area contributed by atoms with Gasteiger partial charge in [0.25, 0.3) is 0 Å². The topological polar surface area (TPSA) is 84.9 Å². The molecule has 0 atom stereocenters. The lowest BCUT2D eigenvalue weighted by Crippen LogP contribution is -2.09. The second-order valence-electron chi connectivity index (χ2n) is 2.65. The summed E-state index contributed by atoms with van der Waals surface area (Å²) in [6, 6.07) is 4.44. The van der Waals surface area contributed by atoms with Crippen LogP contribution in [0.3, 0.4) is 0 Å². The fourth-order valence-electron chi connectivity index (χ4n) is 1.11. The van der Waals surface area contributed by atoms with Gasteiger partial charge in [0.15, 0.2) is 11.5 Å². The van der Waals surface area contributed by atoms with Crippen molar-refractivity contribution >= 4 is 16.0 Å². The van der Waals surface area contributed by atoms with Gasteiger partial charge in [-0.1, -0.05) is 0 Å². The summed E-state index contributed by atoms with van der Waals surface area (Å²) in [5, 5.41) is 0. The smallest absolute Gasteiger partial charge is 0.357 e. The van der Waals surface area contributed by atoms with Crippen molar-refractivity contribution in [3.8, 4) is 11.5 Å². The number of benzene rings is 1. The first-order valence-electron chi connectivity index (χ1n) is 3.69. The molecule has 0 amide bonds. The molecule has 0 aromatic heterocycles. The SMILES string of the molecule is O=S(=O)(O)Nc1ccc2c(c1)OCO2. The van der Waals surface area contributed by atoms with E-state index in [9.17, 15) is 8.42 Å². The highest BCUT2D eigenvalue weighted by molar-refractivity contribution is 7.87. The van der Waals surface area contributed by atoms with E-state index in [2.05, 4.69) is 0 Å². The Balaban J connectivity index is 2.29. The molecule has 0 spiro atoms. The van der Waals surface area contributed by atoms with Crippen molar-refractivity contribution in [1.29, 1.82) is 0 Å². The third-order valence-electron chi connectivity index (χ3n) is 1.62. The average Bonchev–Trinajstić information content (AvgIpc) is 2.47. The minimum atomic E-state index is -4.24. The molecule has 2 rings (SSSR count). The van der Waals surface area contributed by atoms with Gasteiger partial charge in [0, 0.05) is 6.07 Å². The molecule has 6 nitrogen and oxygen atoms in total. The molecular weight excluding hydrogens is 210 g/mol. The summed E-state index contributed by atoms with van der Waals surface area (Å²) in [5.41, 5.74) is 0.219. The van der Waals surface area contributed by atoms with E-state index in [-0.39, 0.29) is 12.5 Å². The standard InChI is InChI=1S/C7H7NO5S/c9-14(10,11)8-5-1-2-6-7(3-5)13-4-12-6/h1-3,8H,4H2,(H,9,10,11). The van der Waals surface area contributed by atoms with Crippen LogP contribution in [0.25, 0.3) is 0 Å². The zero-order valence-corrected chi connectivity index (χ0v) is 7.74. The molecule has 0 aliphatic carbocycles. The van der Waals surface area contributed by atoms with Crippen molar-refractivity contribution in [3.63, 3.8) is 0 Å². The molecule has 0 saturated heterocycles. The Hall–Kier alpha value is -1.47. The molecule has 2 N–H and O–H groups in total. The summed E-state index contributed by atoms with van der Waals surface area (Å²) >= 11 is 0. The Morgan fingerprint density at radius 1 is 1.29 bits per heavy atom. The van der Waals surface area contributed by atoms with E-state index in [1.54, 1.807) is 6.07 Å². The van der Waals surface area contributed by atoms with Gasteiger partial charge in [0.1, 0.15) is 0 Å². The fraction of sp³-hybridized carbons (Fsp3) is 0.143. The zero-order valence-electron chi connectivity index (χ0n) is 6.93. The van der Waals surface area contributed by atoms with Crippen LogP contribution >= 0.6 is 0 Å². The summed E-state index contributed by atoms with van der Waals surface area (Å²) in [6.45, 7) is 0.116. The van der Waals surface area contributed by atoms with E-state index >= 15 is 0 Å². The highest BCUT2D eigenvalue weighted by Crippen LogP contribution is 2.34. The number of hydrogen-bond acceptors (Lipinski definition) is 4. The zero-order chi connectivity index (χ0) is 10.2. The maximum Gasteiger partial charge on any atom is 0.357 e. The molecule has 1 aliphatic rings. The number of anilines is 1. The quantitative estimate of drug-likeness (QED) is 0.710. The molecule has 0 unspecified atom stereocenters. The van der Waals surface area contributed by atoms with Crippen LogP contribution in [0, 0.1) is 0 Å². The maximum atomic E-state index is 10.5. The summed E-state index contributed by atoms with van der Waals surface area (Å²) in [5.74, 6) is 0.990. The van der Waals surface area contributed by atoms with Gasteiger partial charge in [-0.05, 0) is 12.1 Å². The van der Waals surface area contributed by atoms with Crippen LogP contribution in [-0.4, -0.2) is 19.8 Å². The van der Waals surface area contributed by atoms with Crippen molar-refractivity contribution in [1.82, 2.24) is 0 Å². The highest BCUT2D eigenvalue weighted by Gasteiger charge is 2.14. The molecule has 1 aliphatic heterocycles. The third-order valence-corrected chi connectivity index (χ3v) is 2.11. The van der Waals surface area contributed by atoms with Crippen LogP contribution in [0.15, 0.2) is 18.2 Å². The van der Waals surface area contributed by atoms with Gasteiger partial charge in [-0.25, -0.2) is 0 Å². The van der Waals surface area contributed by atoms with Crippen LogP contribution < -0.4 is 14.2 Å². The molecule has 0 bridgehead atoms. The van der Waals surface area contributed by atoms with Crippen molar-refractivity contribution in [2.75, 3.05) is 11.5 Å². The minimum Gasteiger partial charge on any atom is -0.454 e. The monoisotopic (exact) mass is 217 g/mol. The second-order valence-corrected chi connectivity index (χ2v) is 3.80. The van der Waals surface area contributed by atoms with Crippen LogP contribution in [0.5, 0.6) is 11.5 Å². The van der Waals surface area contributed by atoms with Crippen molar-refractivity contribution in [2.45, 2.75) is 0 Å². The first-order valence-corrected chi connectivity index (χ1v) is 5.13. The molecule has 14 heavy (non-hydrogen) atoms. The number of ether oxygens (including phenoxy) is 2. The average molecular weight is 217 g/mol. The minimum absolute atomic E-state index is 0.116. The Morgan fingerprint density at radius 3 is 2.71 bits per heavy atom. The Morgan fingerprint density at radius 2 is 2.00 bits per heavy atom. The lowest BCUT2D eigenvalue weighted by molar-refractivity contribution is 0.174. The third kappa shape index (κ3) is 1.88. The molecule has 0 radical (unpaired) electrons. The van der Waals surface area contributed by atoms with Gasteiger partial charge in [-0.3, -0.25) is 9.27 Å². The molecule has 1 aromatic carbocycles. The van der Waals surface area contributed by atoms with Crippen LogP contribution in [-0.2, 0) is 10.3 Å². The van der Waals surface area contributed by atoms with E-state index in [0.29, 0.717) is 11.5 Å². The number of rotatable bonds is 2. The van der Waals surface area contributed by atoms with Gasteiger partial charge in [0.05, 0.1) is 5.69 Å². The molecule has 0 fully saturated rings. The van der Waals surface area contributed by atoms with Crippen molar-refractivity contribution < 1.29 is 22.4 Å². The Labute approximate surface area is 80.3 Å². The van der Waals surface area contributed by atoms with Gasteiger partial charge in [0.2, 0.25) is 6.79 Å². The predicted molar refractivity (Wildman–Crippen MR) is 47.7 cm³/mol. The molecule has 76 valence electrons. The van der Waals surface area contributed by atoms with E-state index in [1.165, 1.54) is 12.1 Å². The van der Waals surface area contributed by atoms with E-state index in [4.69, 9.17) is 14.0 Å². The van der Waals surface area contributed by atoms with Crippen LogP contribution in [0.4, 0.5) is 5.69 Å². The molecular formula is C7H7NO5S. The van der Waals surface area contributed by atoms with Crippen molar-refractivity contribution in [2.24, 2.45) is 0 Å². The Kier molecular flexibility index (Phi) is 1.97. The van der Waals surface area contributed by atoms with E-state index in [0.717, 1.165) is 0 Å². The lowest BCUT2D eigenvalue weighted by atomic mass is 10.3.